The topological polar surface area (TPSA) is 41.9 Å². The van der Waals surface area contributed by atoms with Crippen LogP contribution in [0.1, 0.15) is 24.0 Å². The maximum absolute atomic E-state index is 12.3. The van der Waals surface area contributed by atoms with Gasteiger partial charge in [-0.25, -0.2) is 0 Å². The molecule has 3 heterocycles. The molecule has 3 aliphatic heterocycles. The standard InChI is InChI=1S/C22H27NO3/c1-25-20-9-5-3-7-17(20)22(24,18-8-4-6-10-21(18)26-2)19-15-23-13-11-16(19)12-14-23/h3-10,16,19,24H,11-15H2,1-2H3. The van der Waals surface area contributed by atoms with Crippen molar-refractivity contribution in [2.75, 3.05) is 33.9 Å². The van der Waals surface area contributed by atoms with Crippen LogP contribution in [-0.4, -0.2) is 43.9 Å². The number of ether oxygens (including phenoxy) is 2. The molecule has 0 aliphatic carbocycles. The summed E-state index contributed by atoms with van der Waals surface area (Å²) in [6.07, 6.45) is 2.27. The van der Waals surface area contributed by atoms with E-state index in [1.54, 1.807) is 14.2 Å². The van der Waals surface area contributed by atoms with Crippen LogP contribution in [0.15, 0.2) is 48.5 Å². The van der Waals surface area contributed by atoms with Gasteiger partial charge >= 0.3 is 0 Å². The van der Waals surface area contributed by atoms with Crippen molar-refractivity contribution in [1.82, 2.24) is 4.90 Å². The first kappa shape index (κ1) is 17.4. The maximum atomic E-state index is 12.3. The molecule has 5 rings (SSSR count). The fourth-order valence-electron chi connectivity index (χ4n) is 4.90. The van der Waals surface area contributed by atoms with Crippen molar-refractivity contribution in [1.29, 1.82) is 0 Å². The lowest BCUT2D eigenvalue weighted by atomic mass is 9.65. The summed E-state index contributed by atoms with van der Waals surface area (Å²) in [7, 11) is 3.33. The molecule has 0 radical (unpaired) electrons. The Labute approximate surface area is 155 Å². The van der Waals surface area contributed by atoms with Gasteiger partial charge < -0.3 is 19.5 Å². The van der Waals surface area contributed by atoms with E-state index in [2.05, 4.69) is 4.90 Å². The van der Waals surface area contributed by atoms with Gasteiger partial charge in [-0.15, -0.1) is 0 Å². The number of fused-ring (bicyclic) bond motifs is 3. The molecule has 3 saturated heterocycles. The lowest BCUT2D eigenvalue weighted by Gasteiger charge is -2.51. The Morgan fingerprint density at radius 2 is 1.38 bits per heavy atom. The minimum absolute atomic E-state index is 0.109. The van der Waals surface area contributed by atoms with E-state index >= 15 is 0 Å². The summed E-state index contributed by atoms with van der Waals surface area (Å²) in [6.45, 7) is 3.17. The third-order valence-electron chi connectivity index (χ3n) is 6.23. The molecule has 1 unspecified atom stereocenters. The van der Waals surface area contributed by atoms with Gasteiger partial charge in [-0.05, 0) is 44.0 Å². The number of hydrogen-bond acceptors (Lipinski definition) is 4. The highest BCUT2D eigenvalue weighted by molar-refractivity contribution is 5.50. The van der Waals surface area contributed by atoms with Gasteiger partial charge in [-0.1, -0.05) is 36.4 Å². The number of methoxy groups -OCH3 is 2. The molecule has 4 nitrogen and oxygen atoms in total. The third kappa shape index (κ3) is 2.68. The molecular weight excluding hydrogens is 326 g/mol. The Kier molecular flexibility index (Phi) is 4.63. The summed E-state index contributed by atoms with van der Waals surface area (Å²) in [6, 6.07) is 15.7. The lowest BCUT2D eigenvalue weighted by Crippen LogP contribution is -2.55. The maximum Gasteiger partial charge on any atom is 0.126 e. The zero-order chi connectivity index (χ0) is 18.1. The molecule has 138 valence electrons. The molecule has 2 bridgehead atoms. The van der Waals surface area contributed by atoms with Crippen LogP contribution in [0.2, 0.25) is 0 Å². The van der Waals surface area contributed by atoms with Gasteiger partial charge in [0.1, 0.15) is 17.1 Å². The van der Waals surface area contributed by atoms with Crippen LogP contribution in [0.3, 0.4) is 0 Å². The van der Waals surface area contributed by atoms with Crippen molar-refractivity contribution >= 4 is 0 Å². The summed E-state index contributed by atoms with van der Waals surface area (Å²) in [5.41, 5.74) is 0.500. The first-order valence-electron chi connectivity index (χ1n) is 9.40. The minimum Gasteiger partial charge on any atom is -0.496 e. The van der Waals surface area contributed by atoms with Gasteiger partial charge in [-0.2, -0.15) is 0 Å². The molecule has 0 spiro atoms. The third-order valence-corrected chi connectivity index (χ3v) is 6.23. The van der Waals surface area contributed by atoms with E-state index in [9.17, 15) is 5.11 Å². The molecule has 2 aromatic rings. The van der Waals surface area contributed by atoms with E-state index in [4.69, 9.17) is 9.47 Å². The first-order valence-corrected chi connectivity index (χ1v) is 9.40. The van der Waals surface area contributed by atoms with Crippen molar-refractivity contribution in [3.05, 3.63) is 59.7 Å². The van der Waals surface area contributed by atoms with Gasteiger partial charge in [0.15, 0.2) is 0 Å². The van der Waals surface area contributed by atoms with Crippen LogP contribution >= 0.6 is 0 Å². The summed E-state index contributed by atoms with van der Waals surface area (Å²) in [5, 5.41) is 12.3. The fourth-order valence-corrected chi connectivity index (χ4v) is 4.90. The molecule has 26 heavy (non-hydrogen) atoms. The SMILES string of the molecule is COc1ccccc1C(O)(c1ccccc1OC)C1CN2CCC1CC2. The van der Waals surface area contributed by atoms with Gasteiger partial charge in [-0.3, -0.25) is 0 Å². The molecule has 3 aliphatic rings. The molecular formula is C22H27NO3. The number of piperidine rings is 3. The quantitative estimate of drug-likeness (QED) is 0.896. The second-order valence-corrected chi connectivity index (χ2v) is 7.41. The normalized spacial score (nSPS) is 25.1. The average Bonchev–Trinajstić information content (AvgIpc) is 2.74. The molecule has 4 heteroatoms. The van der Waals surface area contributed by atoms with Crippen molar-refractivity contribution in [3.8, 4) is 11.5 Å². The van der Waals surface area contributed by atoms with E-state index in [-0.39, 0.29) is 5.92 Å². The number of aliphatic hydroxyl groups is 1. The van der Waals surface area contributed by atoms with Gasteiger partial charge in [0.05, 0.1) is 14.2 Å². The Morgan fingerprint density at radius 3 is 1.81 bits per heavy atom. The molecule has 0 saturated carbocycles. The molecule has 1 atom stereocenters. The summed E-state index contributed by atoms with van der Waals surface area (Å²) < 4.78 is 11.3. The lowest BCUT2D eigenvalue weighted by molar-refractivity contribution is -0.0781. The van der Waals surface area contributed by atoms with Crippen molar-refractivity contribution in [2.45, 2.75) is 18.4 Å². The fraction of sp³-hybridized carbons (Fsp3) is 0.455. The van der Waals surface area contributed by atoms with Crippen LogP contribution < -0.4 is 9.47 Å². The number of rotatable bonds is 5. The van der Waals surface area contributed by atoms with E-state index in [0.717, 1.165) is 55.1 Å². The predicted molar refractivity (Wildman–Crippen MR) is 102 cm³/mol. The van der Waals surface area contributed by atoms with Gasteiger partial charge in [0.2, 0.25) is 0 Å². The Hall–Kier alpha value is -2.04. The summed E-state index contributed by atoms with van der Waals surface area (Å²) in [5.74, 6) is 2.05. The highest BCUT2D eigenvalue weighted by Crippen LogP contribution is 2.51. The average molecular weight is 353 g/mol. The molecule has 3 fully saturated rings. The van der Waals surface area contributed by atoms with Crippen LogP contribution in [0.25, 0.3) is 0 Å². The van der Waals surface area contributed by atoms with Crippen molar-refractivity contribution in [3.63, 3.8) is 0 Å². The molecule has 0 amide bonds. The van der Waals surface area contributed by atoms with Crippen LogP contribution in [0.4, 0.5) is 0 Å². The van der Waals surface area contributed by atoms with Crippen LogP contribution in [-0.2, 0) is 5.60 Å². The number of para-hydroxylation sites is 2. The number of hydrogen-bond donors (Lipinski definition) is 1. The molecule has 2 aromatic carbocycles. The van der Waals surface area contributed by atoms with Crippen molar-refractivity contribution in [2.24, 2.45) is 11.8 Å². The monoisotopic (exact) mass is 353 g/mol. The highest BCUT2D eigenvalue weighted by Gasteiger charge is 2.50. The number of benzene rings is 2. The Morgan fingerprint density at radius 1 is 0.885 bits per heavy atom. The van der Waals surface area contributed by atoms with Crippen LogP contribution in [0.5, 0.6) is 11.5 Å². The Balaban J connectivity index is 1.92. The smallest absolute Gasteiger partial charge is 0.126 e. The second-order valence-electron chi connectivity index (χ2n) is 7.41. The van der Waals surface area contributed by atoms with Gasteiger partial charge in [0, 0.05) is 23.6 Å². The van der Waals surface area contributed by atoms with Crippen molar-refractivity contribution < 1.29 is 14.6 Å². The minimum atomic E-state index is -1.15. The highest BCUT2D eigenvalue weighted by atomic mass is 16.5. The van der Waals surface area contributed by atoms with Gasteiger partial charge in [0.25, 0.3) is 0 Å². The largest absolute Gasteiger partial charge is 0.496 e. The summed E-state index contributed by atoms with van der Waals surface area (Å²) in [4.78, 5) is 2.47. The zero-order valence-electron chi connectivity index (χ0n) is 15.5. The Bertz CT molecular complexity index is 720. The predicted octanol–water partition coefficient (Wildman–Crippen LogP) is 3.28. The molecule has 0 aromatic heterocycles. The van der Waals surface area contributed by atoms with E-state index in [0.29, 0.717) is 5.92 Å². The van der Waals surface area contributed by atoms with E-state index in [1.807, 2.05) is 48.5 Å². The first-order chi connectivity index (χ1) is 12.7. The molecule has 1 N–H and O–H groups in total. The van der Waals surface area contributed by atoms with Crippen LogP contribution in [0, 0.1) is 11.8 Å². The van der Waals surface area contributed by atoms with E-state index < -0.39 is 5.60 Å². The second kappa shape index (κ2) is 6.93. The zero-order valence-corrected chi connectivity index (χ0v) is 15.5. The van der Waals surface area contributed by atoms with E-state index in [1.165, 1.54) is 0 Å². The summed E-state index contributed by atoms with van der Waals surface area (Å²) >= 11 is 0. The number of nitrogens with zero attached hydrogens (tertiary/aromatic N) is 1.